The van der Waals surface area contributed by atoms with Crippen LogP contribution in [0.5, 0.6) is 0 Å². The van der Waals surface area contributed by atoms with E-state index in [1.807, 2.05) is 30.3 Å². The Labute approximate surface area is 125 Å². The summed E-state index contributed by atoms with van der Waals surface area (Å²) in [6.45, 7) is 0.466. The SMILES string of the molecule is Fc1cc(Br)ccc1CNc1ccc(CCCl)cc1. The molecular weight excluding hydrogens is 329 g/mol. The van der Waals surface area contributed by atoms with Crippen molar-refractivity contribution in [3.05, 3.63) is 63.9 Å². The molecule has 100 valence electrons. The van der Waals surface area contributed by atoms with Crippen molar-refractivity contribution in [1.29, 1.82) is 0 Å². The first-order chi connectivity index (χ1) is 9.19. The lowest BCUT2D eigenvalue weighted by molar-refractivity contribution is 0.612. The van der Waals surface area contributed by atoms with Gasteiger partial charge in [-0.3, -0.25) is 0 Å². The van der Waals surface area contributed by atoms with Crippen LogP contribution in [0.4, 0.5) is 10.1 Å². The molecule has 0 fully saturated rings. The standard InChI is InChI=1S/C15H14BrClFN/c16-13-4-3-12(15(18)9-13)10-19-14-5-1-11(2-6-14)7-8-17/h1-6,9,19H,7-8,10H2. The van der Waals surface area contributed by atoms with Gasteiger partial charge in [0.25, 0.3) is 0 Å². The highest BCUT2D eigenvalue weighted by atomic mass is 79.9. The van der Waals surface area contributed by atoms with Crippen LogP contribution in [-0.4, -0.2) is 5.88 Å². The minimum Gasteiger partial charge on any atom is -0.381 e. The highest BCUT2D eigenvalue weighted by Crippen LogP contribution is 2.17. The van der Waals surface area contributed by atoms with Crippen molar-refractivity contribution in [2.45, 2.75) is 13.0 Å². The van der Waals surface area contributed by atoms with E-state index in [0.29, 0.717) is 18.0 Å². The van der Waals surface area contributed by atoms with Crippen molar-refractivity contribution in [2.75, 3.05) is 11.2 Å². The minimum absolute atomic E-state index is 0.208. The van der Waals surface area contributed by atoms with Crippen LogP contribution in [0.15, 0.2) is 46.9 Å². The number of benzene rings is 2. The van der Waals surface area contributed by atoms with Crippen molar-refractivity contribution in [2.24, 2.45) is 0 Å². The summed E-state index contributed by atoms with van der Waals surface area (Å²) in [4.78, 5) is 0. The molecular formula is C15H14BrClFN. The Balaban J connectivity index is 1.98. The van der Waals surface area contributed by atoms with Gasteiger partial charge in [0.05, 0.1) is 0 Å². The van der Waals surface area contributed by atoms with Gasteiger partial charge in [-0.15, -0.1) is 11.6 Å². The van der Waals surface area contributed by atoms with E-state index in [1.165, 1.54) is 11.6 Å². The third-order valence-corrected chi connectivity index (χ3v) is 3.52. The van der Waals surface area contributed by atoms with Gasteiger partial charge in [0.15, 0.2) is 0 Å². The number of aryl methyl sites for hydroxylation is 1. The number of rotatable bonds is 5. The zero-order valence-electron chi connectivity index (χ0n) is 10.3. The molecule has 1 nitrogen and oxygen atoms in total. The number of alkyl halides is 1. The molecule has 0 saturated heterocycles. The van der Waals surface area contributed by atoms with Crippen LogP contribution < -0.4 is 5.32 Å². The van der Waals surface area contributed by atoms with Gasteiger partial charge in [0.1, 0.15) is 5.82 Å². The summed E-state index contributed by atoms with van der Waals surface area (Å²) in [6.07, 6.45) is 0.864. The van der Waals surface area contributed by atoms with Crippen molar-refractivity contribution in [3.63, 3.8) is 0 Å². The lowest BCUT2D eigenvalue weighted by Crippen LogP contribution is -2.01. The van der Waals surface area contributed by atoms with Crippen molar-refractivity contribution < 1.29 is 4.39 Å². The summed E-state index contributed by atoms with van der Waals surface area (Å²) < 4.78 is 14.4. The summed E-state index contributed by atoms with van der Waals surface area (Å²) in [5.74, 6) is 0.414. The summed E-state index contributed by atoms with van der Waals surface area (Å²) in [5, 5.41) is 3.20. The molecule has 4 heteroatoms. The van der Waals surface area contributed by atoms with E-state index in [0.717, 1.165) is 16.6 Å². The van der Waals surface area contributed by atoms with Crippen LogP contribution in [-0.2, 0) is 13.0 Å². The molecule has 0 saturated carbocycles. The molecule has 2 aromatic carbocycles. The molecule has 1 N–H and O–H groups in total. The molecule has 2 aromatic rings. The monoisotopic (exact) mass is 341 g/mol. The van der Waals surface area contributed by atoms with Crippen molar-refractivity contribution >= 4 is 33.2 Å². The van der Waals surface area contributed by atoms with Gasteiger partial charge in [-0.05, 0) is 36.2 Å². The first-order valence-electron chi connectivity index (χ1n) is 6.02. The van der Waals surface area contributed by atoms with Gasteiger partial charge >= 0.3 is 0 Å². The lowest BCUT2D eigenvalue weighted by Gasteiger charge is -2.08. The Morgan fingerprint density at radius 2 is 1.84 bits per heavy atom. The summed E-state index contributed by atoms with van der Waals surface area (Å²) in [6, 6.07) is 13.1. The van der Waals surface area contributed by atoms with E-state index in [-0.39, 0.29) is 5.82 Å². The lowest BCUT2D eigenvalue weighted by atomic mass is 10.1. The molecule has 0 bridgehead atoms. The third-order valence-electron chi connectivity index (χ3n) is 2.84. The number of nitrogens with one attached hydrogen (secondary N) is 1. The maximum atomic E-state index is 13.6. The second kappa shape index (κ2) is 6.92. The first kappa shape index (κ1) is 14.4. The average molecular weight is 343 g/mol. The third kappa shape index (κ3) is 4.22. The fourth-order valence-electron chi connectivity index (χ4n) is 1.76. The molecule has 0 aromatic heterocycles. The van der Waals surface area contributed by atoms with E-state index in [9.17, 15) is 4.39 Å². The molecule has 0 spiro atoms. The summed E-state index contributed by atoms with van der Waals surface area (Å²) in [7, 11) is 0. The van der Waals surface area contributed by atoms with Crippen LogP contribution in [0.3, 0.4) is 0 Å². The summed E-state index contributed by atoms with van der Waals surface area (Å²) in [5.41, 5.74) is 2.82. The van der Waals surface area contributed by atoms with Gasteiger partial charge < -0.3 is 5.32 Å². The molecule has 0 aliphatic heterocycles. The molecule has 0 atom stereocenters. The first-order valence-corrected chi connectivity index (χ1v) is 7.34. The van der Waals surface area contributed by atoms with E-state index in [2.05, 4.69) is 21.2 Å². The molecule has 0 heterocycles. The van der Waals surface area contributed by atoms with E-state index < -0.39 is 0 Å². The van der Waals surface area contributed by atoms with Gasteiger partial charge in [-0.2, -0.15) is 0 Å². The fourth-order valence-corrected chi connectivity index (χ4v) is 2.31. The van der Waals surface area contributed by atoms with Crippen LogP contribution >= 0.6 is 27.5 Å². The van der Waals surface area contributed by atoms with Crippen molar-refractivity contribution in [3.8, 4) is 0 Å². The molecule has 2 rings (SSSR count). The van der Waals surface area contributed by atoms with Crippen LogP contribution in [0.25, 0.3) is 0 Å². The highest BCUT2D eigenvalue weighted by molar-refractivity contribution is 9.10. The molecule has 0 amide bonds. The van der Waals surface area contributed by atoms with Crippen LogP contribution in [0, 0.1) is 5.82 Å². The predicted octanol–water partition coefficient (Wildman–Crippen LogP) is 4.98. The number of halogens is 3. The second-order valence-corrected chi connectivity index (χ2v) is 5.52. The van der Waals surface area contributed by atoms with E-state index in [1.54, 1.807) is 6.07 Å². The number of hydrogen-bond acceptors (Lipinski definition) is 1. The van der Waals surface area contributed by atoms with E-state index >= 15 is 0 Å². The largest absolute Gasteiger partial charge is 0.381 e. The molecule has 0 aliphatic carbocycles. The normalized spacial score (nSPS) is 10.5. The smallest absolute Gasteiger partial charge is 0.129 e. The maximum absolute atomic E-state index is 13.6. The second-order valence-electron chi connectivity index (χ2n) is 4.23. The maximum Gasteiger partial charge on any atom is 0.129 e. The van der Waals surface area contributed by atoms with Gasteiger partial charge in [0, 0.05) is 28.1 Å². The molecule has 0 aliphatic rings. The topological polar surface area (TPSA) is 12.0 Å². The van der Waals surface area contributed by atoms with Gasteiger partial charge in [0.2, 0.25) is 0 Å². The molecule has 0 radical (unpaired) electrons. The predicted molar refractivity (Wildman–Crippen MR) is 82.3 cm³/mol. The fraction of sp³-hybridized carbons (Fsp3) is 0.200. The zero-order chi connectivity index (χ0) is 13.7. The highest BCUT2D eigenvalue weighted by Gasteiger charge is 2.02. The van der Waals surface area contributed by atoms with Crippen LogP contribution in [0.2, 0.25) is 0 Å². The number of anilines is 1. The number of hydrogen-bond donors (Lipinski definition) is 1. The van der Waals surface area contributed by atoms with Gasteiger partial charge in [-0.1, -0.05) is 34.1 Å². The zero-order valence-corrected chi connectivity index (χ0v) is 12.6. The Hall–Kier alpha value is -1.06. The Morgan fingerprint density at radius 1 is 1.11 bits per heavy atom. The van der Waals surface area contributed by atoms with Crippen molar-refractivity contribution in [1.82, 2.24) is 0 Å². The van der Waals surface area contributed by atoms with Crippen LogP contribution in [0.1, 0.15) is 11.1 Å². The van der Waals surface area contributed by atoms with E-state index in [4.69, 9.17) is 11.6 Å². The van der Waals surface area contributed by atoms with Gasteiger partial charge in [-0.25, -0.2) is 4.39 Å². The minimum atomic E-state index is -0.208. The average Bonchev–Trinajstić information content (AvgIpc) is 2.40. The Bertz CT molecular complexity index is 542. The molecule has 0 unspecified atom stereocenters. The summed E-state index contributed by atoms with van der Waals surface area (Å²) >= 11 is 8.93. The quantitative estimate of drug-likeness (QED) is 0.756. The molecule has 19 heavy (non-hydrogen) atoms. The Morgan fingerprint density at radius 3 is 2.47 bits per heavy atom. The Kier molecular flexibility index (Phi) is 5.23.